The van der Waals surface area contributed by atoms with Crippen molar-refractivity contribution in [2.75, 3.05) is 16.8 Å². The van der Waals surface area contributed by atoms with Gasteiger partial charge in [0.15, 0.2) is 0 Å². The third kappa shape index (κ3) is 2.74. The van der Waals surface area contributed by atoms with Crippen LogP contribution < -0.4 is 10.2 Å². The Kier molecular flexibility index (Phi) is 3.70. The van der Waals surface area contributed by atoms with Crippen LogP contribution >= 0.6 is 0 Å². The molecule has 1 aromatic carbocycles. The summed E-state index contributed by atoms with van der Waals surface area (Å²) in [7, 11) is 0. The quantitative estimate of drug-likeness (QED) is 0.800. The molecule has 0 unspecified atom stereocenters. The van der Waals surface area contributed by atoms with Crippen LogP contribution in [0.15, 0.2) is 59.5 Å². The van der Waals surface area contributed by atoms with Crippen molar-refractivity contribution in [3.63, 3.8) is 0 Å². The van der Waals surface area contributed by atoms with E-state index in [1.54, 1.807) is 17.4 Å². The van der Waals surface area contributed by atoms with E-state index >= 15 is 0 Å². The highest BCUT2D eigenvalue weighted by Crippen LogP contribution is 2.28. The zero-order valence-corrected chi connectivity index (χ0v) is 13.0. The van der Waals surface area contributed by atoms with Crippen LogP contribution in [0.5, 0.6) is 0 Å². The Balaban J connectivity index is 1.46. The summed E-state index contributed by atoms with van der Waals surface area (Å²) >= 11 is 0. The summed E-state index contributed by atoms with van der Waals surface area (Å²) in [5.74, 6) is 1.29. The molecule has 0 saturated heterocycles. The van der Waals surface area contributed by atoms with Crippen molar-refractivity contribution < 1.29 is 9.21 Å². The topological polar surface area (TPSA) is 71.3 Å². The molecule has 24 heavy (non-hydrogen) atoms. The van der Waals surface area contributed by atoms with E-state index in [2.05, 4.69) is 21.4 Å². The van der Waals surface area contributed by atoms with Crippen molar-refractivity contribution in [1.82, 2.24) is 9.97 Å². The van der Waals surface area contributed by atoms with E-state index in [0.29, 0.717) is 24.6 Å². The summed E-state index contributed by atoms with van der Waals surface area (Å²) in [6.07, 6.45) is 5.57. The van der Waals surface area contributed by atoms with Gasteiger partial charge in [0, 0.05) is 12.2 Å². The number of carbonyl (C=O) groups excluding carboxylic acids is 1. The lowest BCUT2D eigenvalue weighted by atomic mass is 10.2. The van der Waals surface area contributed by atoms with Gasteiger partial charge >= 0.3 is 0 Å². The average molecular weight is 320 g/mol. The van der Waals surface area contributed by atoms with Crippen LogP contribution in [0.2, 0.25) is 0 Å². The normalized spacial score (nSPS) is 12.9. The second kappa shape index (κ2) is 6.16. The Hall–Kier alpha value is -3.15. The van der Waals surface area contributed by atoms with E-state index in [1.807, 2.05) is 30.3 Å². The predicted molar refractivity (Wildman–Crippen MR) is 89.9 cm³/mol. The molecule has 0 atom stereocenters. The van der Waals surface area contributed by atoms with Crippen molar-refractivity contribution >= 4 is 17.4 Å². The van der Waals surface area contributed by atoms with Crippen LogP contribution in [-0.4, -0.2) is 22.4 Å². The number of benzene rings is 1. The lowest BCUT2D eigenvalue weighted by molar-refractivity contribution is 0.0984. The molecule has 1 aliphatic heterocycles. The Morgan fingerprint density at radius 1 is 1.17 bits per heavy atom. The first-order valence-electron chi connectivity index (χ1n) is 7.79. The Morgan fingerprint density at radius 2 is 2.08 bits per heavy atom. The van der Waals surface area contributed by atoms with E-state index in [0.717, 1.165) is 17.9 Å². The lowest BCUT2D eigenvalue weighted by Crippen LogP contribution is -2.29. The molecule has 3 aromatic rings. The average Bonchev–Trinajstić information content (AvgIpc) is 3.29. The summed E-state index contributed by atoms with van der Waals surface area (Å²) in [5, 5.41) is 3.11. The molecular weight excluding hydrogens is 304 g/mol. The number of furan rings is 1. The monoisotopic (exact) mass is 320 g/mol. The molecule has 6 nitrogen and oxygen atoms in total. The van der Waals surface area contributed by atoms with Gasteiger partial charge in [0.25, 0.3) is 5.91 Å². The standard InChI is InChI=1S/C18H16N4O2/c23-18(22-8-7-13-4-1-2-6-16(13)22)15-11-21-17(12-19-15)20-10-14-5-3-9-24-14/h1-6,9,11-12H,7-8,10H2,(H,20,21). The summed E-state index contributed by atoms with van der Waals surface area (Å²) in [4.78, 5) is 22.9. The molecule has 6 heteroatoms. The number of rotatable bonds is 4. The zero-order valence-electron chi connectivity index (χ0n) is 13.0. The molecule has 0 fully saturated rings. The maximum atomic E-state index is 12.7. The summed E-state index contributed by atoms with van der Waals surface area (Å²) in [5.41, 5.74) is 2.50. The minimum atomic E-state index is -0.120. The second-order valence-electron chi connectivity index (χ2n) is 5.56. The van der Waals surface area contributed by atoms with E-state index in [9.17, 15) is 4.79 Å². The molecule has 1 N–H and O–H groups in total. The molecule has 120 valence electrons. The Labute approximate surface area is 139 Å². The van der Waals surface area contributed by atoms with Crippen LogP contribution in [-0.2, 0) is 13.0 Å². The molecule has 0 bridgehead atoms. The number of anilines is 2. The summed E-state index contributed by atoms with van der Waals surface area (Å²) in [6.45, 7) is 1.20. The van der Waals surface area contributed by atoms with Gasteiger partial charge in [0.2, 0.25) is 0 Å². The van der Waals surface area contributed by atoms with Crippen molar-refractivity contribution in [1.29, 1.82) is 0 Å². The number of carbonyl (C=O) groups is 1. The van der Waals surface area contributed by atoms with Crippen molar-refractivity contribution in [2.24, 2.45) is 0 Å². The third-order valence-corrected chi connectivity index (χ3v) is 4.03. The highest BCUT2D eigenvalue weighted by Gasteiger charge is 2.26. The third-order valence-electron chi connectivity index (χ3n) is 4.03. The van der Waals surface area contributed by atoms with Gasteiger partial charge in [-0.3, -0.25) is 4.79 Å². The molecule has 0 spiro atoms. The number of nitrogens with zero attached hydrogens (tertiary/aromatic N) is 3. The van der Waals surface area contributed by atoms with Gasteiger partial charge < -0.3 is 14.6 Å². The van der Waals surface area contributed by atoms with E-state index in [1.165, 1.54) is 11.8 Å². The van der Waals surface area contributed by atoms with Crippen LogP contribution in [0.4, 0.5) is 11.5 Å². The van der Waals surface area contributed by atoms with E-state index in [4.69, 9.17) is 4.42 Å². The van der Waals surface area contributed by atoms with Gasteiger partial charge in [0.05, 0.1) is 25.2 Å². The number of amides is 1. The van der Waals surface area contributed by atoms with Gasteiger partial charge in [-0.05, 0) is 30.2 Å². The number of aromatic nitrogens is 2. The van der Waals surface area contributed by atoms with Gasteiger partial charge in [-0.2, -0.15) is 0 Å². The fraction of sp³-hybridized carbons (Fsp3) is 0.167. The van der Waals surface area contributed by atoms with Gasteiger partial charge in [-0.25, -0.2) is 9.97 Å². The number of para-hydroxylation sites is 1. The van der Waals surface area contributed by atoms with Gasteiger partial charge in [-0.15, -0.1) is 0 Å². The molecule has 3 heterocycles. The predicted octanol–water partition coefficient (Wildman–Crippen LogP) is 2.88. The molecule has 4 rings (SSSR count). The van der Waals surface area contributed by atoms with Crippen LogP contribution in [0, 0.1) is 0 Å². The number of fused-ring (bicyclic) bond motifs is 1. The highest BCUT2D eigenvalue weighted by molar-refractivity contribution is 6.05. The van der Waals surface area contributed by atoms with Crippen LogP contribution in [0.3, 0.4) is 0 Å². The maximum absolute atomic E-state index is 12.7. The summed E-state index contributed by atoms with van der Waals surface area (Å²) in [6, 6.07) is 11.7. The molecule has 0 radical (unpaired) electrons. The molecule has 0 saturated carbocycles. The largest absolute Gasteiger partial charge is 0.467 e. The first-order valence-corrected chi connectivity index (χ1v) is 7.79. The number of hydrogen-bond donors (Lipinski definition) is 1. The van der Waals surface area contributed by atoms with E-state index < -0.39 is 0 Å². The molecule has 1 aliphatic rings. The minimum absolute atomic E-state index is 0.120. The first-order chi connectivity index (χ1) is 11.8. The SMILES string of the molecule is O=C(c1cnc(NCc2ccco2)cn1)N1CCc2ccccc21. The fourth-order valence-corrected chi connectivity index (χ4v) is 2.81. The van der Waals surface area contributed by atoms with Crippen LogP contribution in [0.25, 0.3) is 0 Å². The second-order valence-corrected chi connectivity index (χ2v) is 5.56. The first kappa shape index (κ1) is 14.4. The highest BCUT2D eigenvalue weighted by atomic mass is 16.3. The number of hydrogen-bond acceptors (Lipinski definition) is 5. The van der Waals surface area contributed by atoms with Gasteiger partial charge in [-0.1, -0.05) is 18.2 Å². The molecule has 1 amide bonds. The molecule has 0 aliphatic carbocycles. The Bertz CT molecular complexity index is 844. The zero-order chi connectivity index (χ0) is 16.4. The van der Waals surface area contributed by atoms with E-state index in [-0.39, 0.29) is 5.91 Å². The van der Waals surface area contributed by atoms with Gasteiger partial charge in [0.1, 0.15) is 17.3 Å². The van der Waals surface area contributed by atoms with Crippen LogP contribution in [0.1, 0.15) is 21.8 Å². The smallest absolute Gasteiger partial charge is 0.278 e. The van der Waals surface area contributed by atoms with Crippen molar-refractivity contribution in [2.45, 2.75) is 13.0 Å². The summed E-state index contributed by atoms with van der Waals surface area (Å²) < 4.78 is 5.25. The van der Waals surface area contributed by atoms with Crippen molar-refractivity contribution in [3.05, 3.63) is 72.1 Å². The Morgan fingerprint density at radius 3 is 2.88 bits per heavy atom. The number of nitrogens with one attached hydrogen (secondary N) is 1. The minimum Gasteiger partial charge on any atom is -0.467 e. The molecular formula is C18H16N4O2. The fourth-order valence-electron chi connectivity index (χ4n) is 2.81. The maximum Gasteiger partial charge on any atom is 0.278 e. The molecule has 2 aromatic heterocycles. The van der Waals surface area contributed by atoms with Crippen molar-refractivity contribution in [3.8, 4) is 0 Å². The lowest BCUT2D eigenvalue weighted by Gasteiger charge is -2.16.